The molecule has 0 atom stereocenters. The van der Waals surface area contributed by atoms with E-state index < -0.39 is 0 Å². The zero-order valence-corrected chi connectivity index (χ0v) is 12.5. The predicted octanol–water partition coefficient (Wildman–Crippen LogP) is 3.40. The number of hydrogen-bond donors (Lipinski definition) is 1. The number of nitrogens with two attached hydrogens (primary N) is 1. The number of halogens is 1. The number of esters is 1. The fraction of sp³-hybridized carbons (Fsp3) is 0.133. The smallest absolute Gasteiger partial charge is 0.337 e. The molecule has 104 valence electrons. The first-order valence-electron chi connectivity index (χ1n) is 5.96. The molecule has 0 aliphatic carbocycles. The van der Waals surface area contributed by atoms with Gasteiger partial charge in [-0.1, -0.05) is 18.2 Å². The minimum atomic E-state index is -0.354. The van der Waals surface area contributed by atoms with Gasteiger partial charge in [-0.2, -0.15) is 0 Å². The van der Waals surface area contributed by atoms with Gasteiger partial charge < -0.3 is 15.2 Å². The third-order valence-corrected chi connectivity index (χ3v) is 3.38. The van der Waals surface area contributed by atoms with Crippen molar-refractivity contribution in [2.45, 2.75) is 6.61 Å². The number of rotatable bonds is 4. The second-order valence-corrected chi connectivity index (χ2v) is 4.99. The van der Waals surface area contributed by atoms with E-state index in [4.69, 9.17) is 10.5 Å². The SMILES string of the molecule is COC(=O)c1ccc(COc2c(N)cccc2Br)cc1. The average molecular weight is 336 g/mol. The Morgan fingerprint density at radius 3 is 2.50 bits per heavy atom. The highest BCUT2D eigenvalue weighted by Crippen LogP contribution is 2.31. The van der Waals surface area contributed by atoms with Crippen LogP contribution in [0.3, 0.4) is 0 Å². The molecule has 2 N–H and O–H groups in total. The highest BCUT2D eigenvalue weighted by molar-refractivity contribution is 9.10. The number of carbonyl (C=O) groups excluding carboxylic acids is 1. The minimum Gasteiger partial charge on any atom is -0.486 e. The molecule has 0 unspecified atom stereocenters. The first kappa shape index (κ1) is 14.4. The van der Waals surface area contributed by atoms with Crippen molar-refractivity contribution in [3.8, 4) is 5.75 Å². The van der Waals surface area contributed by atoms with E-state index in [1.54, 1.807) is 18.2 Å². The van der Waals surface area contributed by atoms with E-state index >= 15 is 0 Å². The number of para-hydroxylation sites is 1. The van der Waals surface area contributed by atoms with E-state index in [-0.39, 0.29) is 5.97 Å². The van der Waals surface area contributed by atoms with Crippen LogP contribution in [-0.2, 0) is 11.3 Å². The van der Waals surface area contributed by atoms with Gasteiger partial charge >= 0.3 is 5.97 Å². The summed E-state index contributed by atoms with van der Waals surface area (Å²) in [5.74, 6) is 0.261. The molecule has 0 saturated heterocycles. The monoisotopic (exact) mass is 335 g/mol. The van der Waals surface area contributed by atoms with Gasteiger partial charge in [0.1, 0.15) is 6.61 Å². The maximum Gasteiger partial charge on any atom is 0.337 e. The lowest BCUT2D eigenvalue weighted by Crippen LogP contribution is -2.02. The van der Waals surface area contributed by atoms with Crippen molar-refractivity contribution >= 4 is 27.6 Å². The normalized spacial score (nSPS) is 10.1. The zero-order chi connectivity index (χ0) is 14.5. The summed E-state index contributed by atoms with van der Waals surface area (Å²) in [6, 6.07) is 12.5. The highest BCUT2D eigenvalue weighted by Gasteiger charge is 2.07. The Bertz CT molecular complexity index is 591. The number of methoxy groups -OCH3 is 1. The van der Waals surface area contributed by atoms with Crippen molar-refractivity contribution in [3.63, 3.8) is 0 Å². The van der Waals surface area contributed by atoms with Gasteiger partial charge in [0.2, 0.25) is 0 Å². The van der Waals surface area contributed by atoms with Crippen LogP contribution in [0, 0.1) is 0 Å². The molecule has 0 aromatic heterocycles. The summed E-state index contributed by atoms with van der Waals surface area (Å²) in [6.07, 6.45) is 0. The summed E-state index contributed by atoms with van der Waals surface area (Å²) in [5.41, 5.74) is 7.87. The third kappa shape index (κ3) is 3.30. The molecular formula is C15H14BrNO3. The first-order chi connectivity index (χ1) is 9.61. The second kappa shape index (κ2) is 6.43. The molecule has 20 heavy (non-hydrogen) atoms. The second-order valence-electron chi connectivity index (χ2n) is 4.14. The van der Waals surface area contributed by atoms with Crippen LogP contribution < -0.4 is 10.5 Å². The molecule has 2 aromatic carbocycles. The van der Waals surface area contributed by atoms with Crippen LogP contribution in [-0.4, -0.2) is 13.1 Å². The Morgan fingerprint density at radius 1 is 1.20 bits per heavy atom. The predicted molar refractivity (Wildman–Crippen MR) is 80.7 cm³/mol. The molecule has 0 heterocycles. The molecular weight excluding hydrogens is 322 g/mol. The molecule has 5 heteroatoms. The summed E-state index contributed by atoms with van der Waals surface area (Å²) in [7, 11) is 1.36. The largest absolute Gasteiger partial charge is 0.486 e. The molecule has 0 aliphatic rings. The fourth-order valence-corrected chi connectivity index (χ4v) is 2.18. The Labute approximate surface area is 125 Å². The standard InChI is InChI=1S/C15H14BrNO3/c1-19-15(18)11-7-5-10(6-8-11)9-20-14-12(16)3-2-4-13(14)17/h2-8H,9,17H2,1H3. The van der Waals surface area contributed by atoms with Crippen molar-refractivity contribution in [1.29, 1.82) is 0 Å². The third-order valence-electron chi connectivity index (χ3n) is 2.76. The number of nitrogen functional groups attached to an aromatic ring is 1. The fourth-order valence-electron chi connectivity index (χ4n) is 1.69. The van der Waals surface area contributed by atoms with Gasteiger partial charge in [-0.25, -0.2) is 4.79 Å². The van der Waals surface area contributed by atoms with Crippen LogP contribution in [0.2, 0.25) is 0 Å². The van der Waals surface area contributed by atoms with Gasteiger partial charge in [-0.3, -0.25) is 0 Å². The molecule has 0 spiro atoms. The van der Waals surface area contributed by atoms with Crippen LogP contribution in [0.15, 0.2) is 46.9 Å². The number of carbonyl (C=O) groups is 1. The van der Waals surface area contributed by atoms with Crippen LogP contribution in [0.4, 0.5) is 5.69 Å². The lowest BCUT2D eigenvalue weighted by molar-refractivity contribution is 0.0600. The van der Waals surface area contributed by atoms with E-state index in [2.05, 4.69) is 20.7 Å². The van der Waals surface area contributed by atoms with Gasteiger partial charge in [-0.15, -0.1) is 0 Å². The van der Waals surface area contributed by atoms with Crippen molar-refractivity contribution in [1.82, 2.24) is 0 Å². The van der Waals surface area contributed by atoms with Gasteiger partial charge in [0.15, 0.2) is 5.75 Å². The van der Waals surface area contributed by atoms with Crippen LogP contribution in [0.1, 0.15) is 15.9 Å². The van der Waals surface area contributed by atoms with E-state index in [9.17, 15) is 4.79 Å². The summed E-state index contributed by atoms with van der Waals surface area (Å²) >= 11 is 3.39. The maximum atomic E-state index is 11.3. The lowest BCUT2D eigenvalue weighted by atomic mass is 10.1. The molecule has 2 rings (SSSR count). The summed E-state index contributed by atoms with van der Waals surface area (Å²) < 4.78 is 11.1. The van der Waals surface area contributed by atoms with E-state index in [0.717, 1.165) is 10.0 Å². The maximum absolute atomic E-state index is 11.3. The van der Waals surface area contributed by atoms with Gasteiger partial charge in [0.05, 0.1) is 22.8 Å². The number of hydrogen-bond acceptors (Lipinski definition) is 4. The number of benzene rings is 2. The summed E-state index contributed by atoms with van der Waals surface area (Å²) in [5, 5.41) is 0. The van der Waals surface area contributed by atoms with Gasteiger partial charge in [0, 0.05) is 0 Å². The van der Waals surface area contributed by atoms with E-state index in [0.29, 0.717) is 23.6 Å². The molecule has 0 bridgehead atoms. The van der Waals surface area contributed by atoms with E-state index in [1.165, 1.54) is 7.11 Å². The van der Waals surface area contributed by atoms with Crippen LogP contribution >= 0.6 is 15.9 Å². The quantitative estimate of drug-likeness (QED) is 0.687. The number of ether oxygens (including phenoxy) is 2. The number of anilines is 1. The van der Waals surface area contributed by atoms with Gasteiger partial charge in [-0.05, 0) is 45.8 Å². The molecule has 0 radical (unpaired) electrons. The van der Waals surface area contributed by atoms with Crippen molar-refractivity contribution in [3.05, 3.63) is 58.1 Å². The summed E-state index contributed by atoms with van der Waals surface area (Å²) in [4.78, 5) is 11.3. The Hall–Kier alpha value is -2.01. The van der Waals surface area contributed by atoms with Crippen molar-refractivity contribution in [2.24, 2.45) is 0 Å². The van der Waals surface area contributed by atoms with E-state index in [1.807, 2.05) is 24.3 Å². The highest BCUT2D eigenvalue weighted by atomic mass is 79.9. The Balaban J connectivity index is 2.06. The Morgan fingerprint density at radius 2 is 1.90 bits per heavy atom. The lowest BCUT2D eigenvalue weighted by Gasteiger charge is -2.11. The zero-order valence-electron chi connectivity index (χ0n) is 10.9. The molecule has 2 aromatic rings. The molecule has 0 amide bonds. The van der Waals surface area contributed by atoms with Gasteiger partial charge in [0.25, 0.3) is 0 Å². The van der Waals surface area contributed by atoms with Crippen LogP contribution in [0.25, 0.3) is 0 Å². The van der Waals surface area contributed by atoms with Crippen LogP contribution in [0.5, 0.6) is 5.75 Å². The average Bonchev–Trinajstić information content (AvgIpc) is 2.46. The molecule has 0 fully saturated rings. The molecule has 4 nitrogen and oxygen atoms in total. The first-order valence-corrected chi connectivity index (χ1v) is 6.75. The Kier molecular flexibility index (Phi) is 4.63. The topological polar surface area (TPSA) is 61.5 Å². The summed E-state index contributed by atoms with van der Waals surface area (Å²) in [6.45, 7) is 0.369. The van der Waals surface area contributed by atoms with Crippen molar-refractivity contribution in [2.75, 3.05) is 12.8 Å². The minimum absolute atomic E-state index is 0.354. The molecule has 0 saturated carbocycles. The van der Waals surface area contributed by atoms with Crippen molar-refractivity contribution < 1.29 is 14.3 Å². The molecule has 0 aliphatic heterocycles.